The highest BCUT2D eigenvalue weighted by molar-refractivity contribution is 5.81. The Labute approximate surface area is 120 Å². The van der Waals surface area contributed by atoms with E-state index < -0.39 is 0 Å². The molecule has 0 unspecified atom stereocenters. The maximum atomic E-state index is 12.1. The Bertz CT molecular complexity index is 431. The van der Waals surface area contributed by atoms with Crippen LogP contribution in [0, 0.1) is 0 Å². The number of aromatic nitrogens is 1. The van der Waals surface area contributed by atoms with Gasteiger partial charge in [0.25, 0.3) is 0 Å². The molecule has 0 saturated carbocycles. The summed E-state index contributed by atoms with van der Waals surface area (Å²) in [7, 11) is 0. The quantitative estimate of drug-likeness (QED) is 0.867. The number of carbonyl (C=O) groups is 1. The second-order valence-electron chi connectivity index (χ2n) is 4.99. The van der Waals surface area contributed by atoms with Crippen LogP contribution in [-0.2, 0) is 4.79 Å². The molecule has 1 aliphatic rings. The number of nitrogens with one attached hydrogen (secondary N) is 1. The lowest BCUT2D eigenvalue weighted by molar-refractivity contribution is -0.130. The Hall–Kier alpha value is -1.78. The molecule has 1 aromatic rings. The minimum atomic E-state index is 0.136. The Morgan fingerprint density at radius 1 is 1.40 bits per heavy atom. The molecule has 2 heterocycles. The molecule has 0 bridgehead atoms. The van der Waals surface area contributed by atoms with Gasteiger partial charge in [-0.2, -0.15) is 0 Å². The number of hydrogen-bond acceptors (Lipinski definition) is 4. The van der Waals surface area contributed by atoms with Crippen molar-refractivity contribution in [2.75, 3.05) is 31.6 Å². The fourth-order valence-corrected chi connectivity index (χ4v) is 2.27. The molecule has 0 atom stereocenters. The van der Waals surface area contributed by atoms with Gasteiger partial charge in [-0.1, -0.05) is 6.92 Å². The number of rotatable bonds is 6. The number of carbonyl (C=O) groups excluding carboxylic acids is 1. The average molecular weight is 277 g/mol. The molecule has 0 radical (unpaired) electrons. The third kappa shape index (κ3) is 4.11. The first-order valence-electron chi connectivity index (χ1n) is 7.40. The second-order valence-corrected chi connectivity index (χ2v) is 4.99. The van der Waals surface area contributed by atoms with Crippen LogP contribution in [0.4, 0.5) is 5.82 Å². The van der Waals surface area contributed by atoms with Gasteiger partial charge in [0.2, 0.25) is 5.91 Å². The molecule has 1 aliphatic heterocycles. The third-order valence-electron chi connectivity index (χ3n) is 3.35. The molecule has 2 rings (SSSR count). The molecule has 20 heavy (non-hydrogen) atoms. The minimum Gasteiger partial charge on any atom is -0.490 e. The number of nitrogens with zero attached hydrogens (tertiary/aromatic N) is 2. The van der Waals surface area contributed by atoms with Crippen molar-refractivity contribution in [2.24, 2.45) is 0 Å². The lowest BCUT2D eigenvalue weighted by atomic mass is 10.1. The number of amides is 1. The van der Waals surface area contributed by atoms with Gasteiger partial charge in [0.05, 0.1) is 13.2 Å². The van der Waals surface area contributed by atoms with E-state index in [9.17, 15) is 4.79 Å². The molecule has 0 aromatic carbocycles. The first-order chi connectivity index (χ1) is 9.81. The van der Waals surface area contributed by atoms with E-state index in [2.05, 4.69) is 17.2 Å². The van der Waals surface area contributed by atoms with Crippen LogP contribution < -0.4 is 10.1 Å². The summed E-state index contributed by atoms with van der Waals surface area (Å²) >= 11 is 0. The Morgan fingerprint density at radius 3 is 2.95 bits per heavy atom. The van der Waals surface area contributed by atoms with Crippen LogP contribution in [0.1, 0.15) is 32.6 Å². The maximum absolute atomic E-state index is 12.1. The van der Waals surface area contributed by atoms with Gasteiger partial charge in [-0.3, -0.25) is 4.79 Å². The van der Waals surface area contributed by atoms with E-state index in [1.54, 1.807) is 6.20 Å². The zero-order valence-corrected chi connectivity index (χ0v) is 12.1. The van der Waals surface area contributed by atoms with Crippen LogP contribution in [0.3, 0.4) is 0 Å². The lowest BCUT2D eigenvalue weighted by Gasteiger charge is -2.26. The second kappa shape index (κ2) is 7.72. The van der Waals surface area contributed by atoms with Crippen LogP contribution in [-0.4, -0.2) is 42.0 Å². The smallest absolute Gasteiger partial charge is 0.241 e. The highest BCUT2D eigenvalue weighted by Crippen LogP contribution is 2.20. The van der Waals surface area contributed by atoms with Gasteiger partial charge in [0, 0.05) is 19.3 Å². The highest BCUT2D eigenvalue weighted by Gasteiger charge is 2.16. The van der Waals surface area contributed by atoms with Crippen molar-refractivity contribution in [3.63, 3.8) is 0 Å². The van der Waals surface area contributed by atoms with Gasteiger partial charge in [-0.15, -0.1) is 0 Å². The molecule has 1 saturated heterocycles. The molecule has 1 aromatic heterocycles. The predicted molar refractivity (Wildman–Crippen MR) is 78.9 cm³/mol. The summed E-state index contributed by atoms with van der Waals surface area (Å²) in [5.74, 6) is 1.49. The molecule has 5 heteroatoms. The average Bonchev–Trinajstić information content (AvgIpc) is 2.52. The summed E-state index contributed by atoms with van der Waals surface area (Å²) in [5, 5.41) is 3.09. The molecule has 1 amide bonds. The van der Waals surface area contributed by atoms with E-state index in [0.29, 0.717) is 18.2 Å². The van der Waals surface area contributed by atoms with Crippen molar-refractivity contribution in [2.45, 2.75) is 32.6 Å². The zero-order chi connectivity index (χ0) is 14.2. The minimum absolute atomic E-state index is 0.136. The fraction of sp³-hybridized carbons (Fsp3) is 0.600. The summed E-state index contributed by atoms with van der Waals surface area (Å²) in [4.78, 5) is 18.3. The molecule has 1 N–H and O–H groups in total. The van der Waals surface area contributed by atoms with Gasteiger partial charge in [-0.05, 0) is 37.8 Å². The van der Waals surface area contributed by atoms with Gasteiger partial charge in [0.1, 0.15) is 0 Å². The van der Waals surface area contributed by atoms with Crippen LogP contribution in [0.25, 0.3) is 0 Å². The van der Waals surface area contributed by atoms with Crippen molar-refractivity contribution in [1.29, 1.82) is 0 Å². The normalized spacial score (nSPS) is 14.9. The van der Waals surface area contributed by atoms with Crippen molar-refractivity contribution in [3.05, 3.63) is 18.3 Å². The molecule has 110 valence electrons. The molecule has 0 aliphatic carbocycles. The highest BCUT2D eigenvalue weighted by atomic mass is 16.5. The maximum Gasteiger partial charge on any atom is 0.241 e. The molecular formula is C15H23N3O2. The Kier molecular flexibility index (Phi) is 5.65. The van der Waals surface area contributed by atoms with E-state index in [0.717, 1.165) is 32.4 Å². The number of likely N-dealkylation sites (tertiary alicyclic amines) is 1. The largest absolute Gasteiger partial charge is 0.490 e. The van der Waals surface area contributed by atoms with E-state index in [-0.39, 0.29) is 12.5 Å². The fourth-order valence-electron chi connectivity index (χ4n) is 2.27. The summed E-state index contributed by atoms with van der Waals surface area (Å²) in [6.07, 6.45) is 6.10. The zero-order valence-electron chi connectivity index (χ0n) is 12.1. The monoisotopic (exact) mass is 277 g/mol. The van der Waals surface area contributed by atoms with E-state index >= 15 is 0 Å². The summed E-state index contributed by atoms with van der Waals surface area (Å²) in [6.45, 7) is 4.74. The molecular weight excluding hydrogens is 254 g/mol. The number of pyridine rings is 1. The standard InChI is InChI=1S/C15H23N3O2/c1-2-11-20-13-7-6-8-16-15(13)17-12-14(19)18-9-4-3-5-10-18/h6-8H,2-5,9-12H2,1H3,(H,16,17). The van der Waals surface area contributed by atoms with Gasteiger partial charge in [0.15, 0.2) is 11.6 Å². The van der Waals surface area contributed by atoms with Gasteiger partial charge < -0.3 is 15.0 Å². The van der Waals surface area contributed by atoms with Gasteiger partial charge >= 0.3 is 0 Å². The van der Waals surface area contributed by atoms with Crippen molar-refractivity contribution >= 4 is 11.7 Å². The number of anilines is 1. The number of ether oxygens (including phenoxy) is 1. The van der Waals surface area contributed by atoms with Crippen molar-refractivity contribution in [1.82, 2.24) is 9.88 Å². The molecule has 0 spiro atoms. The van der Waals surface area contributed by atoms with E-state index in [4.69, 9.17) is 4.74 Å². The SMILES string of the molecule is CCCOc1cccnc1NCC(=O)N1CCCCC1. The Morgan fingerprint density at radius 2 is 2.20 bits per heavy atom. The van der Waals surface area contributed by atoms with Crippen molar-refractivity contribution < 1.29 is 9.53 Å². The van der Waals surface area contributed by atoms with Crippen LogP contribution in [0.2, 0.25) is 0 Å². The molecule has 1 fully saturated rings. The lowest BCUT2D eigenvalue weighted by Crippen LogP contribution is -2.39. The number of hydrogen-bond donors (Lipinski definition) is 1. The first kappa shape index (κ1) is 14.6. The number of piperidine rings is 1. The van der Waals surface area contributed by atoms with Crippen LogP contribution in [0.15, 0.2) is 18.3 Å². The van der Waals surface area contributed by atoms with Gasteiger partial charge in [-0.25, -0.2) is 4.98 Å². The van der Waals surface area contributed by atoms with Crippen LogP contribution >= 0.6 is 0 Å². The van der Waals surface area contributed by atoms with E-state index in [1.165, 1.54) is 6.42 Å². The summed E-state index contributed by atoms with van der Waals surface area (Å²) in [6, 6.07) is 3.71. The van der Waals surface area contributed by atoms with Crippen molar-refractivity contribution in [3.8, 4) is 5.75 Å². The summed E-state index contributed by atoms with van der Waals surface area (Å²) in [5.41, 5.74) is 0. The first-order valence-corrected chi connectivity index (χ1v) is 7.40. The summed E-state index contributed by atoms with van der Waals surface area (Å²) < 4.78 is 5.61. The Balaban J connectivity index is 1.87. The topological polar surface area (TPSA) is 54.5 Å². The third-order valence-corrected chi connectivity index (χ3v) is 3.35. The van der Waals surface area contributed by atoms with E-state index in [1.807, 2.05) is 17.0 Å². The predicted octanol–water partition coefficient (Wildman–Crippen LogP) is 2.29. The molecule has 5 nitrogen and oxygen atoms in total. The van der Waals surface area contributed by atoms with Crippen LogP contribution in [0.5, 0.6) is 5.75 Å².